The van der Waals surface area contributed by atoms with Gasteiger partial charge in [-0.15, -0.1) is 0 Å². The normalized spacial score (nSPS) is 16.4. The SMILES string of the molecule is O=C(C[C@H]1CCc2ccccc21)NCc1cnn2cccnc12. The lowest BCUT2D eigenvalue weighted by Crippen LogP contribution is -2.24. The zero-order chi connectivity index (χ0) is 15.6. The summed E-state index contributed by atoms with van der Waals surface area (Å²) in [5, 5.41) is 7.24. The van der Waals surface area contributed by atoms with Gasteiger partial charge in [0.15, 0.2) is 5.65 Å². The molecule has 0 saturated heterocycles. The van der Waals surface area contributed by atoms with Gasteiger partial charge in [0, 0.05) is 30.9 Å². The molecule has 23 heavy (non-hydrogen) atoms. The molecule has 1 aliphatic rings. The van der Waals surface area contributed by atoms with E-state index in [0.29, 0.717) is 18.9 Å². The molecule has 3 aromatic rings. The van der Waals surface area contributed by atoms with Crippen LogP contribution in [0.15, 0.2) is 48.9 Å². The molecule has 1 atom stereocenters. The van der Waals surface area contributed by atoms with E-state index in [-0.39, 0.29) is 5.91 Å². The van der Waals surface area contributed by atoms with Gasteiger partial charge in [-0.25, -0.2) is 9.50 Å². The number of aromatic nitrogens is 3. The van der Waals surface area contributed by atoms with Gasteiger partial charge in [-0.3, -0.25) is 4.79 Å². The third-order valence-corrected chi connectivity index (χ3v) is 4.52. The van der Waals surface area contributed by atoms with E-state index >= 15 is 0 Å². The Hall–Kier alpha value is -2.69. The van der Waals surface area contributed by atoms with E-state index in [1.807, 2.05) is 12.3 Å². The van der Waals surface area contributed by atoms with Gasteiger partial charge in [-0.05, 0) is 36.0 Å². The molecule has 5 nitrogen and oxygen atoms in total. The average molecular weight is 306 g/mol. The molecule has 0 unspecified atom stereocenters. The number of amides is 1. The number of nitrogens with one attached hydrogen (secondary N) is 1. The first-order valence-corrected chi connectivity index (χ1v) is 7.93. The quantitative estimate of drug-likeness (QED) is 0.805. The highest BCUT2D eigenvalue weighted by Gasteiger charge is 2.24. The van der Waals surface area contributed by atoms with Crippen molar-refractivity contribution in [1.29, 1.82) is 0 Å². The van der Waals surface area contributed by atoms with E-state index < -0.39 is 0 Å². The fourth-order valence-electron chi connectivity index (χ4n) is 3.35. The van der Waals surface area contributed by atoms with Gasteiger partial charge in [0.25, 0.3) is 0 Å². The van der Waals surface area contributed by atoms with E-state index in [0.717, 1.165) is 24.1 Å². The van der Waals surface area contributed by atoms with E-state index in [1.54, 1.807) is 16.9 Å². The van der Waals surface area contributed by atoms with Crippen LogP contribution >= 0.6 is 0 Å². The highest BCUT2D eigenvalue weighted by Crippen LogP contribution is 2.35. The summed E-state index contributed by atoms with van der Waals surface area (Å²) >= 11 is 0. The van der Waals surface area contributed by atoms with Crippen LogP contribution in [0.25, 0.3) is 5.65 Å². The van der Waals surface area contributed by atoms with Crippen LogP contribution < -0.4 is 5.32 Å². The summed E-state index contributed by atoms with van der Waals surface area (Å²) in [6.45, 7) is 0.466. The van der Waals surface area contributed by atoms with Crippen molar-refractivity contribution in [2.24, 2.45) is 0 Å². The monoisotopic (exact) mass is 306 g/mol. The van der Waals surface area contributed by atoms with Crippen LogP contribution in [0.5, 0.6) is 0 Å². The van der Waals surface area contributed by atoms with Crippen LogP contribution in [-0.2, 0) is 17.8 Å². The lowest BCUT2D eigenvalue weighted by atomic mass is 9.97. The van der Waals surface area contributed by atoms with E-state index in [2.05, 4.69) is 39.7 Å². The minimum atomic E-state index is 0.0852. The Morgan fingerprint density at radius 2 is 2.22 bits per heavy atom. The van der Waals surface area contributed by atoms with Crippen molar-refractivity contribution < 1.29 is 4.79 Å². The van der Waals surface area contributed by atoms with Gasteiger partial charge in [-0.1, -0.05) is 24.3 Å². The van der Waals surface area contributed by atoms with Crippen molar-refractivity contribution in [2.45, 2.75) is 31.7 Å². The van der Waals surface area contributed by atoms with Crippen LogP contribution in [0, 0.1) is 0 Å². The first kappa shape index (κ1) is 13.9. The Morgan fingerprint density at radius 3 is 3.17 bits per heavy atom. The zero-order valence-electron chi connectivity index (χ0n) is 12.8. The third kappa shape index (κ3) is 2.70. The van der Waals surface area contributed by atoms with Crippen molar-refractivity contribution in [3.8, 4) is 0 Å². The first-order chi connectivity index (χ1) is 11.3. The average Bonchev–Trinajstić information content (AvgIpc) is 3.18. The number of benzene rings is 1. The van der Waals surface area contributed by atoms with Gasteiger partial charge >= 0.3 is 0 Å². The number of rotatable bonds is 4. The second-order valence-electron chi connectivity index (χ2n) is 5.97. The van der Waals surface area contributed by atoms with Gasteiger partial charge in [0.2, 0.25) is 5.91 Å². The van der Waals surface area contributed by atoms with Crippen LogP contribution in [0.4, 0.5) is 0 Å². The molecule has 2 aromatic heterocycles. The Labute approximate surface area is 134 Å². The van der Waals surface area contributed by atoms with Gasteiger partial charge in [0.05, 0.1) is 6.20 Å². The molecule has 2 heterocycles. The molecule has 4 rings (SSSR count). The number of hydrogen-bond donors (Lipinski definition) is 1. The van der Waals surface area contributed by atoms with Gasteiger partial charge in [-0.2, -0.15) is 5.10 Å². The molecule has 0 saturated carbocycles. The number of carbonyl (C=O) groups excluding carboxylic acids is 1. The number of fused-ring (bicyclic) bond motifs is 2. The highest BCUT2D eigenvalue weighted by molar-refractivity contribution is 5.77. The summed E-state index contributed by atoms with van der Waals surface area (Å²) < 4.78 is 1.72. The molecule has 0 spiro atoms. The van der Waals surface area contributed by atoms with Crippen molar-refractivity contribution in [3.05, 3.63) is 65.6 Å². The van der Waals surface area contributed by atoms with Crippen LogP contribution in [0.2, 0.25) is 0 Å². The molecule has 1 N–H and O–H groups in total. The Balaban J connectivity index is 1.40. The van der Waals surface area contributed by atoms with E-state index in [4.69, 9.17) is 0 Å². The van der Waals surface area contributed by atoms with Gasteiger partial charge in [0.1, 0.15) is 0 Å². The van der Waals surface area contributed by atoms with Gasteiger partial charge < -0.3 is 5.32 Å². The van der Waals surface area contributed by atoms with Crippen molar-refractivity contribution in [1.82, 2.24) is 19.9 Å². The Morgan fingerprint density at radius 1 is 1.30 bits per heavy atom. The molecule has 0 bridgehead atoms. The lowest BCUT2D eigenvalue weighted by molar-refractivity contribution is -0.121. The third-order valence-electron chi connectivity index (χ3n) is 4.52. The molecule has 5 heteroatoms. The molecule has 0 fully saturated rings. The van der Waals surface area contributed by atoms with Crippen molar-refractivity contribution in [2.75, 3.05) is 0 Å². The van der Waals surface area contributed by atoms with E-state index in [1.165, 1.54) is 11.1 Å². The molecule has 1 aromatic carbocycles. The number of carbonyl (C=O) groups is 1. The summed E-state index contributed by atoms with van der Waals surface area (Å²) in [6, 6.07) is 10.3. The van der Waals surface area contributed by atoms with Crippen molar-refractivity contribution in [3.63, 3.8) is 0 Å². The topological polar surface area (TPSA) is 59.3 Å². The molecular formula is C18H18N4O. The smallest absolute Gasteiger partial charge is 0.220 e. The molecule has 1 amide bonds. The summed E-state index contributed by atoms with van der Waals surface area (Å²) in [4.78, 5) is 16.6. The number of nitrogens with zero attached hydrogens (tertiary/aromatic N) is 3. The fraction of sp³-hybridized carbons (Fsp3) is 0.278. The molecule has 1 aliphatic carbocycles. The highest BCUT2D eigenvalue weighted by atomic mass is 16.1. The van der Waals surface area contributed by atoms with Crippen LogP contribution in [-0.4, -0.2) is 20.5 Å². The Kier molecular flexibility index (Phi) is 3.54. The predicted octanol–water partition coefficient (Wildman–Crippen LogP) is 2.47. The maximum atomic E-state index is 12.3. The maximum absolute atomic E-state index is 12.3. The summed E-state index contributed by atoms with van der Waals surface area (Å²) in [6.07, 6.45) is 8.02. The molecule has 0 aliphatic heterocycles. The van der Waals surface area contributed by atoms with Crippen LogP contribution in [0.3, 0.4) is 0 Å². The Bertz CT molecular complexity index is 855. The summed E-state index contributed by atoms with van der Waals surface area (Å²) in [5.41, 5.74) is 4.45. The standard InChI is InChI=1S/C18H18N4O/c23-17(10-14-7-6-13-4-1-2-5-16(13)14)20-11-15-12-21-22-9-3-8-19-18(15)22/h1-5,8-9,12,14H,6-7,10-11H2,(H,20,23)/t14-/m1/s1. The minimum Gasteiger partial charge on any atom is -0.352 e. The van der Waals surface area contributed by atoms with Crippen LogP contribution in [0.1, 0.15) is 35.4 Å². The summed E-state index contributed by atoms with van der Waals surface area (Å²) in [7, 11) is 0. The predicted molar refractivity (Wildman–Crippen MR) is 87.0 cm³/mol. The van der Waals surface area contributed by atoms with E-state index in [9.17, 15) is 4.79 Å². The summed E-state index contributed by atoms with van der Waals surface area (Å²) in [5.74, 6) is 0.426. The molecular weight excluding hydrogens is 288 g/mol. The number of hydrogen-bond acceptors (Lipinski definition) is 3. The number of aryl methyl sites for hydroxylation is 1. The second kappa shape index (κ2) is 5.83. The largest absolute Gasteiger partial charge is 0.352 e. The minimum absolute atomic E-state index is 0.0852. The second-order valence-corrected chi connectivity index (χ2v) is 5.97. The lowest BCUT2D eigenvalue weighted by Gasteiger charge is -2.11. The fourth-order valence-corrected chi connectivity index (χ4v) is 3.35. The molecule has 116 valence electrons. The zero-order valence-corrected chi connectivity index (χ0v) is 12.8. The first-order valence-electron chi connectivity index (χ1n) is 7.93. The van der Waals surface area contributed by atoms with Crippen molar-refractivity contribution >= 4 is 11.6 Å². The molecule has 0 radical (unpaired) electrons. The maximum Gasteiger partial charge on any atom is 0.220 e.